The summed E-state index contributed by atoms with van der Waals surface area (Å²) in [6.07, 6.45) is 2.19. The van der Waals surface area contributed by atoms with Crippen LogP contribution in [0.5, 0.6) is 0 Å². The van der Waals surface area contributed by atoms with Crippen LogP contribution in [0.15, 0.2) is 255 Å². The van der Waals surface area contributed by atoms with Gasteiger partial charge in [-0.2, -0.15) is 0 Å². The molecule has 13 rings (SSSR count). The number of benzene rings is 10. The highest BCUT2D eigenvalue weighted by Gasteiger charge is 2.21. The number of rotatable bonds is 8. The normalized spacial score (nSPS) is 11.6. The van der Waals surface area contributed by atoms with Crippen LogP contribution in [0.4, 0.5) is 17.1 Å². The fourth-order valence-corrected chi connectivity index (χ4v) is 10.1. The zero-order valence-corrected chi connectivity index (χ0v) is 36.0. The summed E-state index contributed by atoms with van der Waals surface area (Å²) in [5.74, 6) is 0. The van der Waals surface area contributed by atoms with Crippen molar-refractivity contribution in [3.63, 3.8) is 0 Å². The maximum absolute atomic E-state index is 2.47. The van der Waals surface area contributed by atoms with Crippen molar-refractivity contribution in [3.8, 4) is 39.3 Å². The molecule has 4 nitrogen and oxygen atoms in total. The molecular formula is C62H42N4. The van der Waals surface area contributed by atoms with Crippen LogP contribution in [-0.2, 0) is 0 Å². The van der Waals surface area contributed by atoms with Gasteiger partial charge in [-0.05, 0) is 131 Å². The maximum atomic E-state index is 2.47. The number of fused-ring (bicyclic) bond motifs is 7. The molecule has 3 heterocycles. The number of hydrogen-bond acceptors (Lipinski definition) is 1. The first-order valence-electron chi connectivity index (χ1n) is 22.6. The first-order chi connectivity index (χ1) is 32.7. The summed E-state index contributed by atoms with van der Waals surface area (Å²) in [7, 11) is 0. The lowest BCUT2D eigenvalue weighted by Gasteiger charge is -2.26. The Hall–Kier alpha value is -8.86. The summed E-state index contributed by atoms with van der Waals surface area (Å²) >= 11 is 0. The van der Waals surface area contributed by atoms with Gasteiger partial charge < -0.3 is 18.6 Å². The lowest BCUT2D eigenvalue weighted by atomic mass is 10.0. The molecule has 0 aliphatic heterocycles. The Bertz CT molecular complexity index is 3780. The summed E-state index contributed by atoms with van der Waals surface area (Å²) in [6, 6.07) is 90.2. The van der Waals surface area contributed by atoms with Gasteiger partial charge in [-0.15, -0.1) is 0 Å². The second kappa shape index (κ2) is 15.4. The van der Waals surface area contributed by atoms with Crippen molar-refractivity contribution in [3.05, 3.63) is 255 Å². The van der Waals surface area contributed by atoms with E-state index in [1.807, 2.05) is 0 Å². The first-order valence-corrected chi connectivity index (χ1v) is 22.6. The topological polar surface area (TPSA) is 18.0 Å². The molecule has 0 aliphatic rings. The van der Waals surface area contributed by atoms with Crippen molar-refractivity contribution >= 4 is 71.6 Å². The molecule has 13 aromatic rings. The molecule has 0 radical (unpaired) electrons. The third-order valence-corrected chi connectivity index (χ3v) is 13.2. The van der Waals surface area contributed by atoms with E-state index in [0.717, 1.165) is 39.6 Å². The molecular weight excluding hydrogens is 801 g/mol. The van der Waals surface area contributed by atoms with E-state index in [9.17, 15) is 0 Å². The van der Waals surface area contributed by atoms with E-state index in [-0.39, 0.29) is 0 Å². The molecule has 66 heavy (non-hydrogen) atoms. The molecule has 4 heteroatoms. The van der Waals surface area contributed by atoms with Crippen molar-refractivity contribution in [1.82, 2.24) is 13.7 Å². The number of hydrogen-bond donors (Lipinski definition) is 0. The Kier molecular flexibility index (Phi) is 8.81. The van der Waals surface area contributed by atoms with Crippen LogP contribution in [0.1, 0.15) is 0 Å². The van der Waals surface area contributed by atoms with Crippen LogP contribution in [-0.4, -0.2) is 13.7 Å². The first kappa shape index (κ1) is 37.7. The van der Waals surface area contributed by atoms with Gasteiger partial charge in [0.15, 0.2) is 0 Å². The molecule has 0 unspecified atom stereocenters. The van der Waals surface area contributed by atoms with Crippen LogP contribution in [0.25, 0.3) is 93.8 Å². The van der Waals surface area contributed by atoms with Gasteiger partial charge in [0.1, 0.15) is 0 Å². The van der Waals surface area contributed by atoms with Crippen molar-refractivity contribution in [2.75, 3.05) is 4.90 Å². The molecule has 0 N–H and O–H groups in total. The minimum atomic E-state index is 1.08. The van der Waals surface area contributed by atoms with Crippen molar-refractivity contribution in [2.45, 2.75) is 0 Å². The summed E-state index contributed by atoms with van der Waals surface area (Å²) in [5.41, 5.74) is 17.3. The zero-order chi connectivity index (χ0) is 43.6. The second-order valence-electron chi connectivity index (χ2n) is 17.0. The largest absolute Gasteiger partial charge is 0.317 e. The van der Waals surface area contributed by atoms with E-state index in [1.165, 1.54) is 71.3 Å². The highest BCUT2D eigenvalue weighted by atomic mass is 15.1. The zero-order valence-electron chi connectivity index (χ0n) is 36.0. The summed E-state index contributed by atoms with van der Waals surface area (Å²) < 4.78 is 7.19. The van der Waals surface area contributed by atoms with Crippen molar-refractivity contribution in [2.24, 2.45) is 0 Å². The summed E-state index contributed by atoms with van der Waals surface area (Å²) in [5, 5.41) is 6.11. The molecule has 0 amide bonds. The molecule has 0 saturated carbocycles. The monoisotopic (exact) mass is 842 g/mol. The maximum Gasteiger partial charge on any atom is 0.0562 e. The smallest absolute Gasteiger partial charge is 0.0562 e. The van der Waals surface area contributed by atoms with E-state index in [2.05, 4.69) is 274 Å². The number of nitrogens with zero attached hydrogens (tertiary/aromatic N) is 4. The van der Waals surface area contributed by atoms with Gasteiger partial charge in [-0.25, -0.2) is 0 Å². The molecule has 0 bridgehead atoms. The van der Waals surface area contributed by atoms with Gasteiger partial charge in [0, 0.05) is 67.3 Å². The molecule has 310 valence electrons. The molecule has 0 fully saturated rings. The van der Waals surface area contributed by atoms with Crippen LogP contribution >= 0.6 is 0 Å². The minimum absolute atomic E-state index is 1.08. The number of anilines is 3. The third-order valence-electron chi connectivity index (χ3n) is 13.2. The molecule has 10 aromatic carbocycles. The van der Waals surface area contributed by atoms with Crippen LogP contribution in [0, 0.1) is 0 Å². The summed E-state index contributed by atoms with van der Waals surface area (Å²) in [6.45, 7) is 0. The molecule has 0 spiro atoms. The minimum Gasteiger partial charge on any atom is -0.317 e. The third kappa shape index (κ3) is 6.22. The van der Waals surface area contributed by atoms with Crippen LogP contribution in [0.3, 0.4) is 0 Å². The average Bonchev–Trinajstić information content (AvgIpc) is 4.06. The standard InChI is InChI=1S/C62H42N4/c1-5-15-43(16-6-1)45-25-29-50(30-26-45)64(51-31-27-46(28-32-51)44-17-7-2-8-18-44)52-33-35-53(36-34-52)66-60-39-47-37-38-63(48-19-9-3-10-20-48)59(47)41-57(60)56-40-55-54-23-13-14-24-58(54)65(61(55)42-62(56)66)49-21-11-4-12-22-49/h1-42H. The highest BCUT2D eigenvalue weighted by molar-refractivity contribution is 6.20. The van der Waals surface area contributed by atoms with E-state index in [1.54, 1.807) is 0 Å². The van der Waals surface area contributed by atoms with Crippen LogP contribution < -0.4 is 4.90 Å². The fraction of sp³-hybridized carbons (Fsp3) is 0. The Morgan fingerprint density at radius 1 is 0.258 bits per heavy atom. The van der Waals surface area contributed by atoms with Gasteiger partial charge in [0.25, 0.3) is 0 Å². The average molecular weight is 843 g/mol. The molecule has 0 aliphatic carbocycles. The van der Waals surface area contributed by atoms with Crippen LogP contribution in [0.2, 0.25) is 0 Å². The summed E-state index contributed by atoms with van der Waals surface area (Å²) in [4.78, 5) is 2.36. The molecule has 0 saturated heterocycles. The molecule has 3 aromatic heterocycles. The van der Waals surface area contributed by atoms with Gasteiger partial charge in [0.2, 0.25) is 0 Å². The van der Waals surface area contributed by atoms with E-state index in [0.29, 0.717) is 0 Å². The molecule has 0 atom stereocenters. The predicted octanol–water partition coefficient (Wildman–Crippen LogP) is 16.6. The lowest BCUT2D eigenvalue weighted by Crippen LogP contribution is -2.10. The van der Waals surface area contributed by atoms with Gasteiger partial charge in [-0.1, -0.05) is 140 Å². The number of para-hydroxylation sites is 3. The van der Waals surface area contributed by atoms with Gasteiger partial charge in [0.05, 0.1) is 27.6 Å². The predicted molar refractivity (Wildman–Crippen MR) is 278 cm³/mol. The second-order valence-corrected chi connectivity index (χ2v) is 17.0. The Morgan fingerprint density at radius 3 is 1.27 bits per heavy atom. The van der Waals surface area contributed by atoms with E-state index >= 15 is 0 Å². The van der Waals surface area contributed by atoms with Gasteiger partial charge in [-0.3, -0.25) is 0 Å². The number of aromatic nitrogens is 3. The quantitative estimate of drug-likeness (QED) is 0.149. The Labute approximate surface area is 382 Å². The highest BCUT2D eigenvalue weighted by Crippen LogP contribution is 2.43. The fourth-order valence-electron chi connectivity index (χ4n) is 10.1. The van der Waals surface area contributed by atoms with Crippen molar-refractivity contribution < 1.29 is 0 Å². The Balaban J connectivity index is 1.01. The van der Waals surface area contributed by atoms with Crippen molar-refractivity contribution in [1.29, 1.82) is 0 Å². The lowest BCUT2D eigenvalue weighted by molar-refractivity contribution is 1.13. The van der Waals surface area contributed by atoms with Gasteiger partial charge >= 0.3 is 0 Å². The Morgan fingerprint density at radius 2 is 0.682 bits per heavy atom. The van der Waals surface area contributed by atoms with E-state index in [4.69, 9.17) is 0 Å². The SMILES string of the molecule is c1ccc(-c2ccc(N(c3ccc(-c4ccccc4)cc3)c3ccc(-n4c5cc6ccn(-c7ccccc7)c6cc5c5cc6c7ccccc7n(-c7ccccc7)c6cc54)cc3)cc2)cc1. The van der Waals surface area contributed by atoms with E-state index < -0.39 is 0 Å².